The third kappa shape index (κ3) is 7.64. The number of hydrogen-bond acceptors (Lipinski definition) is 7. The number of aromatic nitrogens is 3. The molecule has 0 aliphatic heterocycles. The van der Waals surface area contributed by atoms with Crippen LogP contribution in [0.5, 0.6) is 0 Å². The number of aliphatic carboxylic acids is 1. The minimum atomic E-state index is -1.19. The second-order valence-electron chi connectivity index (χ2n) is 8.26. The van der Waals surface area contributed by atoms with Crippen LogP contribution in [0.1, 0.15) is 43.9 Å². The summed E-state index contributed by atoms with van der Waals surface area (Å²) in [6.45, 7) is 3.92. The number of carboxylic acid groups (broad SMARTS) is 1. The number of aliphatic hydroxyl groups is 2. The van der Waals surface area contributed by atoms with Crippen LogP contribution in [0, 0.1) is 5.82 Å². The van der Waals surface area contributed by atoms with Gasteiger partial charge in [0.2, 0.25) is 5.95 Å². The second-order valence-corrected chi connectivity index (χ2v) is 9.17. The van der Waals surface area contributed by atoms with Crippen molar-refractivity contribution in [2.45, 2.75) is 44.8 Å². The minimum Gasteiger partial charge on any atom is -0.481 e. The molecule has 3 aromatic rings. The standard InChI is InChI=1S/C25H26BrFN4O4/c1-14(2)23-20(9-8-18(32)11-19(33)12-22(34)35)24(15-3-6-17(27)7-4-15)31-25(30-23)29-21-10-5-16(26)13-28-21/h3-10,13-14,18-19,32-33H,11-12H2,1-2H3,(H,34,35)(H,28,29,30,31)/t18-,19-/m1/s1. The summed E-state index contributed by atoms with van der Waals surface area (Å²) in [5.74, 6) is -0.725. The van der Waals surface area contributed by atoms with E-state index >= 15 is 0 Å². The zero-order chi connectivity index (χ0) is 25.5. The topological polar surface area (TPSA) is 128 Å². The lowest BCUT2D eigenvalue weighted by Crippen LogP contribution is -2.19. The number of rotatable bonds is 10. The van der Waals surface area contributed by atoms with Crippen LogP contribution in [0.2, 0.25) is 0 Å². The van der Waals surface area contributed by atoms with Crippen molar-refractivity contribution in [3.8, 4) is 11.3 Å². The zero-order valence-corrected chi connectivity index (χ0v) is 20.8. The molecule has 2 atom stereocenters. The molecule has 2 heterocycles. The Labute approximate surface area is 210 Å². The Kier molecular flexibility index (Phi) is 9.02. The molecule has 35 heavy (non-hydrogen) atoms. The summed E-state index contributed by atoms with van der Waals surface area (Å²) in [7, 11) is 0. The molecule has 0 saturated heterocycles. The number of carboxylic acids is 1. The number of aliphatic hydroxyl groups excluding tert-OH is 2. The summed E-state index contributed by atoms with van der Waals surface area (Å²) < 4.78 is 14.4. The summed E-state index contributed by atoms with van der Waals surface area (Å²) >= 11 is 3.35. The largest absolute Gasteiger partial charge is 0.481 e. The number of anilines is 2. The Hall–Kier alpha value is -3.21. The Morgan fingerprint density at radius 2 is 1.86 bits per heavy atom. The van der Waals surface area contributed by atoms with Crippen molar-refractivity contribution >= 4 is 39.7 Å². The maximum atomic E-state index is 13.6. The van der Waals surface area contributed by atoms with Gasteiger partial charge < -0.3 is 20.6 Å². The van der Waals surface area contributed by atoms with E-state index in [1.54, 1.807) is 30.5 Å². The number of halogens is 2. The van der Waals surface area contributed by atoms with Gasteiger partial charge in [-0.2, -0.15) is 0 Å². The van der Waals surface area contributed by atoms with E-state index in [9.17, 15) is 19.4 Å². The van der Waals surface area contributed by atoms with Crippen LogP contribution in [0.15, 0.2) is 53.1 Å². The number of pyridine rings is 1. The first-order valence-corrected chi connectivity index (χ1v) is 11.7. The lowest BCUT2D eigenvalue weighted by molar-refractivity contribution is -0.139. The summed E-state index contributed by atoms with van der Waals surface area (Å²) in [4.78, 5) is 24.4. The van der Waals surface area contributed by atoms with Crippen LogP contribution in [-0.2, 0) is 4.79 Å². The summed E-state index contributed by atoms with van der Waals surface area (Å²) in [5.41, 5.74) is 2.45. The maximum Gasteiger partial charge on any atom is 0.305 e. The first kappa shape index (κ1) is 26.4. The van der Waals surface area contributed by atoms with Crippen molar-refractivity contribution in [1.82, 2.24) is 15.0 Å². The van der Waals surface area contributed by atoms with E-state index in [2.05, 4.69) is 36.2 Å². The molecule has 2 aromatic heterocycles. The molecule has 8 nitrogen and oxygen atoms in total. The highest BCUT2D eigenvalue weighted by molar-refractivity contribution is 9.10. The van der Waals surface area contributed by atoms with Gasteiger partial charge >= 0.3 is 5.97 Å². The molecule has 0 aliphatic carbocycles. The van der Waals surface area contributed by atoms with Crippen LogP contribution < -0.4 is 5.32 Å². The van der Waals surface area contributed by atoms with Gasteiger partial charge in [0.15, 0.2) is 0 Å². The first-order valence-electron chi connectivity index (χ1n) is 10.9. The Morgan fingerprint density at radius 1 is 1.14 bits per heavy atom. The minimum absolute atomic E-state index is 0.0370. The molecule has 10 heteroatoms. The molecule has 0 saturated carbocycles. The van der Waals surface area contributed by atoms with Gasteiger partial charge in [0.1, 0.15) is 11.6 Å². The molecule has 4 N–H and O–H groups in total. The molecule has 0 amide bonds. The first-order chi connectivity index (χ1) is 16.6. The van der Waals surface area contributed by atoms with E-state index in [0.717, 1.165) is 4.47 Å². The van der Waals surface area contributed by atoms with Gasteiger partial charge in [0, 0.05) is 28.2 Å². The molecular formula is C25H26BrFN4O4. The molecule has 0 unspecified atom stereocenters. The molecule has 184 valence electrons. The van der Waals surface area contributed by atoms with E-state index in [-0.39, 0.29) is 18.2 Å². The number of carbonyl (C=O) groups is 1. The molecule has 0 fully saturated rings. The highest BCUT2D eigenvalue weighted by atomic mass is 79.9. The summed E-state index contributed by atoms with van der Waals surface area (Å²) in [6, 6.07) is 9.48. The number of hydrogen-bond donors (Lipinski definition) is 4. The molecule has 1 aromatic carbocycles. The number of benzene rings is 1. The third-order valence-corrected chi connectivity index (χ3v) is 5.48. The van der Waals surface area contributed by atoms with Crippen molar-refractivity contribution in [2.24, 2.45) is 0 Å². The van der Waals surface area contributed by atoms with E-state index in [1.165, 1.54) is 18.2 Å². The normalized spacial score (nSPS) is 13.2. The van der Waals surface area contributed by atoms with Crippen molar-refractivity contribution in [1.29, 1.82) is 0 Å². The smallest absolute Gasteiger partial charge is 0.305 e. The average Bonchev–Trinajstić information content (AvgIpc) is 2.79. The number of nitrogens with zero attached hydrogens (tertiary/aromatic N) is 3. The van der Waals surface area contributed by atoms with Crippen molar-refractivity contribution < 1.29 is 24.5 Å². The SMILES string of the molecule is CC(C)c1nc(Nc2ccc(Br)cn2)nc(-c2ccc(F)cc2)c1C=C[C@@H](O)C[C@@H](O)CC(=O)O. The van der Waals surface area contributed by atoms with Gasteiger partial charge in [0.25, 0.3) is 0 Å². The average molecular weight is 545 g/mol. The molecule has 0 spiro atoms. The number of nitrogens with one attached hydrogen (secondary N) is 1. The van der Waals surface area contributed by atoms with Gasteiger partial charge in [0.05, 0.1) is 30.0 Å². The van der Waals surface area contributed by atoms with E-state index in [4.69, 9.17) is 5.11 Å². The molecule has 0 bridgehead atoms. The summed E-state index contributed by atoms with van der Waals surface area (Å²) in [5, 5.41) is 32.1. The highest BCUT2D eigenvalue weighted by Crippen LogP contribution is 2.31. The fourth-order valence-corrected chi connectivity index (χ4v) is 3.62. The van der Waals surface area contributed by atoms with Gasteiger partial charge in [-0.15, -0.1) is 0 Å². The van der Waals surface area contributed by atoms with Gasteiger partial charge in [-0.05, 0) is 58.2 Å². The van der Waals surface area contributed by atoms with Crippen LogP contribution in [0.4, 0.5) is 16.2 Å². The van der Waals surface area contributed by atoms with Crippen LogP contribution >= 0.6 is 15.9 Å². The summed E-state index contributed by atoms with van der Waals surface area (Å²) in [6.07, 6.45) is 1.88. The maximum absolute atomic E-state index is 13.6. The van der Waals surface area contributed by atoms with Crippen molar-refractivity contribution in [2.75, 3.05) is 5.32 Å². The monoisotopic (exact) mass is 544 g/mol. The van der Waals surface area contributed by atoms with E-state index in [1.807, 2.05) is 19.9 Å². The molecule has 0 radical (unpaired) electrons. The molecule has 3 rings (SSSR count). The fourth-order valence-electron chi connectivity index (χ4n) is 3.39. The van der Waals surface area contributed by atoms with Gasteiger partial charge in [-0.3, -0.25) is 4.79 Å². The van der Waals surface area contributed by atoms with Gasteiger partial charge in [-0.25, -0.2) is 19.3 Å². The van der Waals surface area contributed by atoms with Crippen molar-refractivity contribution in [3.05, 3.63) is 70.2 Å². The lowest BCUT2D eigenvalue weighted by atomic mass is 9.97. The van der Waals surface area contributed by atoms with Crippen LogP contribution in [0.3, 0.4) is 0 Å². The second kappa shape index (κ2) is 12.0. The Bertz CT molecular complexity index is 1190. The van der Waals surface area contributed by atoms with E-state index < -0.39 is 24.6 Å². The lowest BCUT2D eigenvalue weighted by Gasteiger charge is -2.17. The quantitative estimate of drug-likeness (QED) is 0.283. The third-order valence-electron chi connectivity index (χ3n) is 5.02. The predicted octanol–water partition coefficient (Wildman–Crippen LogP) is 4.91. The zero-order valence-electron chi connectivity index (χ0n) is 19.2. The highest BCUT2D eigenvalue weighted by Gasteiger charge is 2.19. The molecular weight excluding hydrogens is 519 g/mol. The Morgan fingerprint density at radius 3 is 2.46 bits per heavy atom. The predicted molar refractivity (Wildman–Crippen MR) is 135 cm³/mol. The van der Waals surface area contributed by atoms with Crippen LogP contribution in [0.25, 0.3) is 17.3 Å². The van der Waals surface area contributed by atoms with Crippen LogP contribution in [-0.4, -0.2) is 48.4 Å². The fraction of sp³-hybridized carbons (Fsp3) is 0.280. The van der Waals surface area contributed by atoms with Gasteiger partial charge in [-0.1, -0.05) is 26.0 Å². The van der Waals surface area contributed by atoms with Crippen molar-refractivity contribution in [3.63, 3.8) is 0 Å². The van der Waals surface area contributed by atoms with E-state index in [0.29, 0.717) is 34.3 Å². The Balaban J connectivity index is 2.03. The molecule has 0 aliphatic rings.